The van der Waals surface area contributed by atoms with Gasteiger partial charge in [0, 0.05) is 10.3 Å². The first-order chi connectivity index (χ1) is 13.1. The lowest BCUT2D eigenvalue weighted by Crippen LogP contribution is -2.30. The number of aliphatic hydroxyl groups is 1. The quantitative estimate of drug-likeness (QED) is 0.584. The van der Waals surface area contributed by atoms with Gasteiger partial charge in [0.25, 0.3) is 11.5 Å². The molecule has 0 aliphatic carbocycles. The second kappa shape index (κ2) is 8.56. The van der Waals surface area contributed by atoms with Crippen molar-refractivity contribution in [2.75, 3.05) is 13.2 Å². The summed E-state index contributed by atoms with van der Waals surface area (Å²) in [6, 6.07) is 10.3. The van der Waals surface area contributed by atoms with Crippen molar-refractivity contribution in [3.63, 3.8) is 0 Å². The van der Waals surface area contributed by atoms with Crippen molar-refractivity contribution >= 4 is 34.0 Å². The smallest absolute Gasteiger partial charge is 0.359 e. The van der Waals surface area contributed by atoms with Gasteiger partial charge in [-0.05, 0) is 17.5 Å². The Hall–Kier alpha value is -3.04. The Labute approximate surface area is 158 Å². The van der Waals surface area contributed by atoms with Crippen molar-refractivity contribution in [1.82, 2.24) is 15.1 Å². The molecule has 0 atom stereocenters. The highest BCUT2D eigenvalue weighted by atomic mass is 32.1. The third-order valence-corrected chi connectivity index (χ3v) is 4.62. The highest BCUT2D eigenvalue weighted by Crippen LogP contribution is 2.14. The maximum atomic E-state index is 12.4. The summed E-state index contributed by atoms with van der Waals surface area (Å²) in [7, 11) is 0. The summed E-state index contributed by atoms with van der Waals surface area (Å²) in [6.45, 7) is -0.452. The van der Waals surface area contributed by atoms with Crippen molar-refractivity contribution < 1.29 is 19.4 Å². The molecule has 0 saturated heterocycles. The molecule has 3 rings (SSSR count). The number of hydrogen-bond donors (Lipinski definition) is 2. The van der Waals surface area contributed by atoms with Gasteiger partial charge in [-0.1, -0.05) is 24.3 Å². The molecule has 1 aromatic carbocycles. The van der Waals surface area contributed by atoms with Crippen molar-refractivity contribution in [1.29, 1.82) is 0 Å². The number of aliphatic hydroxyl groups excluding tert-OH is 1. The summed E-state index contributed by atoms with van der Waals surface area (Å²) in [5.41, 5.74) is -0.491. The largest absolute Gasteiger partial charge is 0.451 e. The molecule has 8 nitrogen and oxygen atoms in total. The molecule has 27 heavy (non-hydrogen) atoms. The van der Waals surface area contributed by atoms with E-state index in [-0.39, 0.29) is 24.2 Å². The molecule has 2 aromatic heterocycles. The zero-order valence-electron chi connectivity index (χ0n) is 14.3. The van der Waals surface area contributed by atoms with Crippen molar-refractivity contribution in [2.24, 2.45) is 0 Å². The number of ether oxygens (including phenoxy) is 1. The predicted octanol–water partition coefficient (Wildman–Crippen LogP) is 0.923. The number of amides is 1. The molecule has 0 saturated carbocycles. The molecule has 1 amide bonds. The molecular formula is C18H17N3O5S. The lowest BCUT2D eigenvalue weighted by Gasteiger charge is -2.10. The fourth-order valence-electron chi connectivity index (χ4n) is 2.48. The van der Waals surface area contributed by atoms with E-state index >= 15 is 0 Å². The number of hydrogen-bond acceptors (Lipinski definition) is 7. The van der Waals surface area contributed by atoms with E-state index < -0.39 is 24.0 Å². The summed E-state index contributed by atoms with van der Waals surface area (Å²) in [5.74, 6) is -1.26. The Kier molecular flexibility index (Phi) is 5.94. The standard InChI is InChI=1S/C18H17N3O5S/c22-8-7-21-17(24)14-6-2-1-5-13(14)16(20-21)18(25)26-11-15(23)19-10-12-4-3-9-27-12/h1-6,9,22H,7-8,10-11H2,(H,19,23). The third kappa shape index (κ3) is 4.39. The molecule has 3 aromatic rings. The number of fused-ring (bicyclic) bond motifs is 1. The molecule has 2 N–H and O–H groups in total. The first kappa shape index (κ1) is 18.7. The minimum atomic E-state index is -0.816. The van der Waals surface area contributed by atoms with E-state index in [1.165, 1.54) is 11.3 Å². The molecule has 0 aliphatic rings. The number of esters is 1. The molecule has 0 bridgehead atoms. The fourth-order valence-corrected chi connectivity index (χ4v) is 3.13. The maximum absolute atomic E-state index is 12.4. The van der Waals surface area contributed by atoms with Crippen LogP contribution in [0.15, 0.2) is 46.6 Å². The van der Waals surface area contributed by atoms with Crippen molar-refractivity contribution in [2.45, 2.75) is 13.1 Å². The Bertz CT molecular complexity index is 1010. The van der Waals surface area contributed by atoms with Gasteiger partial charge in [-0.15, -0.1) is 11.3 Å². The lowest BCUT2D eigenvalue weighted by molar-refractivity contribution is -0.124. The van der Waals surface area contributed by atoms with Crippen LogP contribution in [-0.2, 0) is 22.6 Å². The zero-order chi connectivity index (χ0) is 19.2. The van der Waals surface area contributed by atoms with Crippen LogP contribution < -0.4 is 10.9 Å². The molecule has 0 radical (unpaired) electrons. The van der Waals surface area contributed by atoms with E-state index in [1.807, 2.05) is 17.5 Å². The van der Waals surface area contributed by atoms with Gasteiger partial charge in [-0.25, -0.2) is 9.48 Å². The highest BCUT2D eigenvalue weighted by molar-refractivity contribution is 7.09. The molecule has 0 aliphatic heterocycles. The van der Waals surface area contributed by atoms with Gasteiger partial charge in [0.05, 0.1) is 25.1 Å². The predicted molar refractivity (Wildman–Crippen MR) is 99.5 cm³/mol. The number of nitrogens with zero attached hydrogens (tertiary/aromatic N) is 2. The summed E-state index contributed by atoms with van der Waals surface area (Å²) in [5, 5.41) is 18.3. The Morgan fingerprint density at radius 3 is 2.67 bits per heavy atom. The Morgan fingerprint density at radius 1 is 1.19 bits per heavy atom. The number of benzene rings is 1. The van der Waals surface area contributed by atoms with Gasteiger partial charge in [0.15, 0.2) is 12.3 Å². The van der Waals surface area contributed by atoms with Crippen molar-refractivity contribution in [3.05, 3.63) is 62.7 Å². The molecule has 9 heteroatoms. The summed E-state index contributed by atoms with van der Waals surface area (Å²) < 4.78 is 6.06. The molecule has 0 spiro atoms. The number of nitrogens with one attached hydrogen (secondary N) is 1. The second-order valence-electron chi connectivity index (χ2n) is 5.58. The monoisotopic (exact) mass is 387 g/mol. The van der Waals surface area contributed by atoms with Crippen LogP contribution in [0.1, 0.15) is 15.4 Å². The van der Waals surface area contributed by atoms with E-state index in [9.17, 15) is 14.4 Å². The normalized spacial score (nSPS) is 10.7. The molecule has 0 unspecified atom stereocenters. The minimum Gasteiger partial charge on any atom is -0.451 e. The Morgan fingerprint density at radius 2 is 1.96 bits per heavy atom. The number of rotatable bonds is 7. The van der Waals surface area contributed by atoms with Crippen LogP contribution in [0, 0.1) is 0 Å². The first-order valence-corrected chi connectivity index (χ1v) is 9.05. The second-order valence-corrected chi connectivity index (χ2v) is 6.61. The summed E-state index contributed by atoms with van der Waals surface area (Å²) in [6.07, 6.45) is 0. The van der Waals surface area contributed by atoms with E-state index in [1.54, 1.807) is 24.3 Å². The van der Waals surface area contributed by atoms with Crippen LogP contribution in [-0.4, -0.2) is 40.0 Å². The fraction of sp³-hybridized carbons (Fsp3) is 0.222. The number of aromatic nitrogens is 2. The maximum Gasteiger partial charge on any atom is 0.359 e. The van der Waals surface area contributed by atoms with Crippen LogP contribution in [0.3, 0.4) is 0 Å². The van der Waals surface area contributed by atoms with Crippen LogP contribution >= 0.6 is 11.3 Å². The van der Waals surface area contributed by atoms with Crippen LogP contribution in [0.4, 0.5) is 0 Å². The van der Waals surface area contributed by atoms with Crippen LogP contribution in [0.25, 0.3) is 10.8 Å². The van der Waals surface area contributed by atoms with Gasteiger partial charge >= 0.3 is 5.97 Å². The minimum absolute atomic E-state index is 0.0503. The zero-order valence-corrected chi connectivity index (χ0v) is 15.1. The molecule has 140 valence electrons. The van der Waals surface area contributed by atoms with Crippen LogP contribution in [0.5, 0.6) is 0 Å². The van der Waals surface area contributed by atoms with Gasteiger partial charge in [-0.3, -0.25) is 9.59 Å². The van der Waals surface area contributed by atoms with Crippen LogP contribution in [0.2, 0.25) is 0 Å². The summed E-state index contributed by atoms with van der Waals surface area (Å²) >= 11 is 1.51. The van der Waals surface area contributed by atoms with E-state index in [0.29, 0.717) is 11.9 Å². The van der Waals surface area contributed by atoms with E-state index in [0.717, 1.165) is 9.56 Å². The van der Waals surface area contributed by atoms with Crippen molar-refractivity contribution in [3.8, 4) is 0 Å². The molecular weight excluding hydrogens is 370 g/mol. The Balaban J connectivity index is 1.74. The van der Waals surface area contributed by atoms with E-state index in [4.69, 9.17) is 9.84 Å². The van der Waals surface area contributed by atoms with Gasteiger partial charge in [0.1, 0.15) is 0 Å². The molecule has 2 heterocycles. The summed E-state index contributed by atoms with van der Waals surface area (Å²) in [4.78, 5) is 37.6. The highest BCUT2D eigenvalue weighted by Gasteiger charge is 2.18. The van der Waals surface area contributed by atoms with Gasteiger partial charge < -0.3 is 15.2 Å². The number of carbonyl (C=O) groups excluding carboxylic acids is 2. The topological polar surface area (TPSA) is 111 Å². The lowest BCUT2D eigenvalue weighted by atomic mass is 10.1. The number of thiophene rings is 1. The van der Waals surface area contributed by atoms with Gasteiger partial charge in [-0.2, -0.15) is 5.10 Å². The SMILES string of the molecule is O=C(COC(=O)c1nn(CCO)c(=O)c2ccccc12)NCc1cccs1. The van der Waals surface area contributed by atoms with Gasteiger partial charge in [0.2, 0.25) is 0 Å². The average Bonchev–Trinajstić information content (AvgIpc) is 3.20. The van der Waals surface area contributed by atoms with E-state index in [2.05, 4.69) is 10.4 Å². The third-order valence-electron chi connectivity index (χ3n) is 3.75. The number of carbonyl (C=O) groups is 2. The molecule has 0 fully saturated rings. The average molecular weight is 387 g/mol. The first-order valence-electron chi connectivity index (χ1n) is 8.17.